The van der Waals surface area contributed by atoms with Crippen LogP contribution in [0, 0.1) is 11.7 Å². The molecule has 1 aromatic carbocycles. The number of nitrogens with one attached hydrogen (secondary N) is 1. The topological polar surface area (TPSA) is 73.3 Å². The van der Waals surface area contributed by atoms with Crippen LogP contribution in [0.4, 0.5) is 21.5 Å². The van der Waals surface area contributed by atoms with E-state index in [-0.39, 0.29) is 34.2 Å². The summed E-state index contributed by atoms with van der Waals surface area (Å²) in [7, 11) is 0. The van der Waals surface area contributed by atoms with Crippen LogP contribution in [0.1, 0.15) is 19.3 Å². The fourth-order valence-electron chi connectivity index (χ4n) is 2.65. The van der Waals surface area contributed by atoms with Crippen molar-refractivity contribution in [2.75, 3.05) is 23.4 Å². The van der Waals surface area contributed by atoms with Gasteiger partial charge in [-0.15, -0.1) is 0 Å². The molecule has 2 fully saturated rings. The largest absolute Gasteiger partial charge is 0.397 e. The minimum absolute atomic E-state index is 0.0846. The van der Waals surface area contributed by atoms with Gasteiger partial charge in [0, 0.05) is 6.61 Å². The van der Waals surface area contributed by atoms with E-state index in [0.717, 1.165) is 6.42 Å². The van der Waals surface area contributed by atoms with Gasteiger partial charge in [-0.3, -0.25) is 0 Å². The maximum atomic E-state index is 14.1. The smallest absolute Gasteiger partial charge is 0.169 e. The van der Waals surface area contributed by atoms with E-state index in [4.69, 9.17) is 27.8 Å². The molecule has 5 N–H and O–H groups in total. The number of anilines is 3. The first-order chi connectivity index (χ1) is 9.08. The standard InChI is InChI=1S/C13H17ClFN3O/c14-10-7(16)5-8(17)12(11(10)15)18-9-3-4-19-13(9)6-1-2-6/h5-6,9,13,18H,1-4,16-17H2. The average molecular weight is 286 g/mol. The number of nitrogen functional groups attached to an aromatic ring is 2. The second-order valence-corrected chi connectivity index (χ2v) is 5.65. The highest BCUT2D eigenvalue weighted by molar-refractivity contribution is 6.33. The van der Waals surface area contributed by atoms with Crippen LogP contribution in [0.3, 0.4) is 0 Å². The molecule has 4 nitrogen and oxygen atoms in total. The summed E-state index contributed by atoms with van der Waals surface area (Å²) < 4.78 is 19.8. The zero-order chi connectivity index (χ0) is 13.6. The molecule has 104 valence electrons. The third kappa shape index (κ3) is 2.32. The van der Waals surface area contributed by atoms with E-state index >= 15 is 0 Å². The highest BCUT2D eigenvalue weighted by Gasteiger charge is 2.41. The number of halogens is 2. The molecule has 1 aliphatic carbocycles. The van der Waals surface area contributed by atoms with Gasteiger partial charge in [0.15, 0.2) is 5.82 Å². The summed E-state index contributed by atoms with van der Waals surface area (Å²) in [6.07, 6.45) is 3.37. The molecular formula is C13H17ClFN3O. The number of rotatable bonds is 3. The Bertz CT molecular complexity index is 507. The second kappa shape index (κ2) is 4.72. The first-order valence-electron chi connectivity index (χ1n) is 6.49. The Kier molecular flexibility index (Phi) is 3.19. The molecule has 2 aliphatic rings. The molecule has 1 aliphatic heterocycles. The first kappa shape index (κ1) is 12.8. The van der Waals surface area contributed by atoms with Crippen LogP contribution in [0.25, 0.3) is 0 Å². The summed E-state index contributed by atoms with van der Waals surface area (Å²) in [6, 6.07) is 1.57. The molecule has 0 amide bonds. The molecule has 3 rings (SSSR count). The SMILES string of the molecule is Nc1cc(N)c(NC2CCOC2C2CC2)c(F)c1Cl. The number of nitrogens with two attached hydrogens (primary N) is 2. The van der Waals surface area contributed by atoms with E-state index in [1.54, 1.807) is 0 Å². The van der Waals surface area contributed by atoms with Gasteiger partial charge in [0.2, 0.25) is 0 Å². The Hall–Kier alpha value is -1.20. The van der Waals surface area contributed by atoms with Crippen LogP contribution in [0.15, 0.2) is 6.07 Å². The van der Waals surface area contributed by atoms with Crippen LogP contribution in [-0.4, -0.2) is 18.8 Å². The van der Waals surface area contributed by atoms with E-state index in [1.807, 2.05) is 0 Å². The highest BCUT2D eigenvalue weighted by Crippen LogP contribution is 2.41. The molecule has 19 heavy (non-hydrogen) atoms. The van der Waals surface area contributed by atoms with E-state index < -0.39 is 5.82 Å². The van der Waals surface area contributed by atoms with Crippen molar-refractivity contribution in [1.82, 2.24) is 0 Å². The minimum Gasteiger partial charge on any atom is -0.397 e. The van der Waals surface area contributed by atoms with Crippen molar-refractivity contribution >= 4 is 28.7 Å². The molecule has 1 saturated carbocycles. The van der Waals surface area contributed by atoms with Crippen molar-refractivity contribution < 1.29 is 9.13 Å². The summed E-state index contributed by atoms with van der Waals surface area (Å²) >= 11 is 5.82. The zero-order valence-electron chi connectivity index (χ0n) is 10.5. The Morgan fingerprint density at radius 1 is 1.26 bits per heavy atom. The molecule has 0 bridgehead atoms. The molecule has 1 aromatic rings. The number of benzene rings is 1. The molecular weight excluding hydrogens is 269 g/mol. The Balaban J connectivity index is 1.84. The number of hydrogen-bond donors (Lipinski definition) is 3. The molecule has 6 heteroatoms. The van der Waals surface area contributed by atoms with Gasteiger partial charge in [0.25, 0.3) is 0 Å². The summed E-state index contributed by atoms with van der Waals surface area (Å²) in [5, 5.41) is 3.07. The van der Waals surface area contributed by atoms with Gasteiger partial charge in [0.1, 0.15) is 5.02 Å². The Morgan fingerprint density at radius 3 is 2.68 bits per heavy atom. The quantitative estimate of drug-likeness (QED) is 0.747. The Morgan fingerprint density at radius 2 is 2.00 bits per heavy atom. The van der Waals surface area contributed by atoms with Crippen molar-refractivity contribution in [3.05, 3.63) is 16.9 Å². The van der Waals surface area contributed by atoms with E-state index in [0.29, 0.717) is 12.5 Å². The molecule has 0 spiro atoms. The van der Waals surface area contributed by atoms with Crippen molar-refractivity contribution in [3.8, 4) is 0 Å². The van der Waals surface area contributed by atoms with Crippen LogP contribution >= 0.6 is 11.6 Å². The molecule has 1 saturated heterocycles. The van der Waals surface area contributed by atoms with E-state index in [1.165, 1.54) is 18.9 Å². The minimum atomic E-state index is -0.583. The zero-order valence-corrected chi connectivity index (χ0v) is 11.2. The van der Waals surface area contributed by atoms with Crippen molar-refractivity contribution in [3.63, 3.8) is 0 Å². The maximum Gasteiger partial charge on any atom is 0.169 e. The van der Waals surface area contributed by atoms with Crippen molar-refractivity contribution in [2.45, 2.75) is 31.4 Å². The lowest BCUT2D eigenvalue weighted by molar-refractivity contribution is 0.0898. The summed E-state index contributed by atoms with van der Waals surface area (Å²) in [4.78, 5) is 0. The summed E-state index contributed by atoms with van der Waals surface area (Å²) in [5.41, 5.74) is 12.1. The third-order valence-corrected chi connectivity index (χ3v) is 4.20. The molecule has 0 aromatic heterocycles. The van der Waals surface area contributed by atoms with Gasteiger partial charge in [-0.1, -0.05) is 11.6 Å². The predicted molar refractivity (Wildman–Crippen MR) is 74.7 cm³/mol. The van der Waals surface area contributed by atoms with E-state index in [9.17, 15) is 4.39 Å². The lowest BCUT2D eigenvalue weighted by Gasteiger charge is -2.22. The molecule has 1 heterocycles. The Labute approximate surface area is 116 Å². The van der Waals surface area contributed by atoms with E-state index in [2.05, 4.69) is 5.32 Å². The maximum absolute atomic E-state index is 14.1. The van der Waals surface area contributed by atoms with Crippen LogP contribution < -0.4 is 16.8 Å². The van der Waals surface area contributed by atoms with Gasteiger partial charge in [-0.2, -0.15) is 0 Å². The third-order valence-electron chi connectivity index (χ3n) is 3.82. The van der Waals surface area contributed by atoms with Gasteiger partial charge in [-0.25, -0.2) is 4.39 Å². The molecule has 2 unspecified atom stereocenters. The van der Waals surface area contributed by atoms with Crippen LogP contribution in [0.2, 0.25) is 5.02 Å². The van der Waals surface area contributed by atoms with Crippen molar-refractivity contribution in [1.29, 1.82) is 0 Å². The monoisotopic (exact) mass is 285 g/mol. The molecule has 2 atom stereocenters. The lowest BCUT2D eigenvalue weighted by Crippen LogP contribution is -2.31. The highest BCUT2D eigenvalue weighted by atomic mass is 35.5. The van der Waals surface area contributed by atoms with Gasteiger partial charge in [0.05, 0.1) is 29.2 Å². The second-order valence-electron chi connectivity index (χ2n) is 5.27. The summed E-state index contributed by atoms with van der Waals surface area (Å²) in [6.45, 7) is 0.697. The average Bonchev–Trinajstić information content (AvgIpc) is 3.12. The number of ether oxygens (including phenoxy) is 1. The normalized spacial score (nSPS) is 26.6. The van der Waals surface area contributed by atoms with Crippen LogP contribution in [0.5, 0.6) is 0 Å². The van der Waals surface area contributed by atoms with Gasteiger partial charge >= 0.3 is 0 Å². The molecule has 0 radical (unpaired) electrons. The summed E-state index contributed by atoms with van der Waals surface area (Å²) in [5.74, 6) is 0.00847. The van der Waals surface area contributed by atoms with Gasteiger partial charge < -0.3 is 21.5 Å². The fraction of sp³-hybridized carbons (Fsp3) is 0.538. The number of hydrogen-bond acceptors (Lipinski definition) is 4. The predicted octanol–water partition coefficient (Wildman–Crippen LogP) is 2.62. The van der Waals surface area contributed by atoms with Crippen LogP contribution in [-0.2, 0) is 4.74 Å². The van der Waals surface area contributed by atoms with Crippen molar-refractivity contribution in [2.24, 2.45) is 5.92 Å². The van der Waals surface area contributed by atoms with Gasteiger partial charge in [-0.05, 0) is 31.2 Å². The lowest BCUT2D eigenvalue weighted by atomic mass is 10.1. The fourth-order valence-corrected chi connectivity index (χ4v) is 2.80. The first-order valence-corrected chi connectivity index (χ1v) is 6.87.